The van der Waals surface area contributed by atoms with Crippen LogP contribution in [0, 0.1) is 0 Å². The number of piperazine rings is 1. The van der Waals surface area contributed by atoms with Crippen LogP contribution in [0.25, 0.3) is 5.65 Å². The summed E-state index contributed by atoms with van der Waals surface area (Å²) >= 11 is 0. The molecule has 3 fully saturated rings. The number of fused-ring (bicyclic) bond motifs is 4. The minimum Gasteiger partial charge on any atom is -0.351 e. The molecule has 0 aliphatic carbocycles. The number of nitrogens with one attached hydrogen (secondary N) is 2. The summed E-state index contributed by atoms with van der Waals surface area (Å²) in [6, 6.07) is 2.71. The van der Waals surface area contributed by atoms with Gasteiger partial charge in [0, 0.05) is 44.6 Å². The first-order valence-corrected chi connectivity index (χ1v) is 9.47. The van der Waals surface area contributed by atoms with Crippen LogP contribution in [-0.4, -0.2) is 55.5 Å². The molecule has 1 amide bonds. The Hall–Kier alpha value is -3.08. The molecule has 0 spiro atoms. The summed E-state index contributed by atoms with van der Waals surface area (Å²) in [5.74, 6) is 0.235. The second-order valence-corrected chi connectivity index (χ2v) is 7.46. The number of alkyl halides is 2. The highest BCUT2D eigenvalue weighted by Gasteiger charge is 2.34. The Kier molecular flexibility index (Phi) is 4.19. The smallest absolute Gasteiger partial charge is 0.284 e. The lowest BCUT2D eigenvalue weighted by atomic mass is 9.93. The minimum absolute atomic E-state index is 0.0255. The zero-order chi connectivity index (χ0) is 20.1. The van der Waals surface area contributed by atoms with Crippen molar-refractivity contribution in [2.75, 3.05) is 23.3 Å². The summed E-state index contributed by atoms with van der Waals surface area (Å²) < 4.78 is 29.1. The molecular formula is C18H20F2N8O. The second kappa shape index (κ2) is 6.76. The molecule has 2 unspecified atom stereocenters. The van der Waals surface area contributed by atoms with Gasteiger partial charge in [-0.25, -0.2) is 18.3 Å². The maximum atomic E-state index is 13.2. The molecule has 0 radical (unpaired) electrons. The molecule has 3 aromatic rings. The van der Waals surface area contributed by atoms with Gasteiger partial charge in [-0.05, 0) is 18.9 Å². The fraction of sp³-hybridized carbons (Fsp3) is 0.444. The minimum atomic E-state index is -2.79. The van der Waals surface area contributed by atoms with Gasteiger partial charge in [0.25, 0.3) is 12.3 Å². The van der Waals surface area contributed by atoms with Gasteiger partial charge in [0.05, 0.1) is 11.9 Å². The fourth-order valence-electron chi connectivity index (χ4n) is 4.12. The standard InChI is InChI=1S/C18H20F2N8O/c1-26-9-13(15(25-26)16(19)20)23-18(29)12-7-22-28-5-4-14(24-17(12)28)27-8-10-2-3-11(27)6-21-10/h4-5,7,9-11,16,21H,2-3,6,8H2,1H3,(H,23,29). The third kappa shape index (κ3) is 3.11. The topological polar surface area (TPSA) is 92.4 Å². The van der Waals surface area contributed by atoms with E-state index in [1.54, 1.807) is 6.20 Å². The molecule has 9 nitrogen and oxygen atoms in total. The van der Waals surface area contributed by atoms with E-state index in [1.165, 1.54) is 28.6 Å². The molecular weight excluding hydrogens is 382 g/mol. The van der Waals surface area contributed by atoms with E-state index in [4.69, 9.17) is 0 Å². The lowest BCUT2D eigenvalue weighted by Gasteiger charge is -2.46. The van der Waals surface area contributed by atoms with Gasteiger partial charge in [-0.3, -0.25) is 9.48 Å². The van der Waals surface area contributed by atoms with Crippen molar-refractivity contribution >= 4 is 23.1 Å². The highest BCUT2D eigenvalue weighted by atomic mass is 19.3. The van der Waals surface area contributed by atoms with Crippen LogP contribution in [0.4, 0.5) is 20.3 Å². The average Bonchev–Trinajstić information content (AvgIpc) is 3.31. The van der Waals surface area contributed by atoms with Gasteiger partial charge >= 0.3 is 0 Å². The number of carbonyl (C=O) groups is 1. The molecule has 0 saturated carbocycles. The highest BCUT2D eigenvalue weighted by molar-refractivity contribution is 6.08. The molecule has 2 bridgehead atoms. The van der Waals surface area contributed by atoms with E-state index >= 15 is 0 Å². The van der Waals surface area contributed by atoms with Crippen molar-refractivity contribution in [3.63, 3.8) is 0 Å². The molecule has 2 N–H and O–H groups in total. The first-order chi connectivity index (χ1) is 14.0. The highest BCUT2D eigenvalue weighted by Crippen LogP contribution is 2.28. The predicted molar refractivity (Wildman–Crippen MR) is 101 cm³/mol. The lowest BCUT2D eigenvalue weighted by Crippen LogP contribution is -2.61. The molecule has 0 aromatic carbocycles. The van der Waals surface area contributed by atoms with Gasteiger partial charge < -0.3 is 15.5 Å². The molecule has 6 rings (SSSR count). The number of anilines is 2. The van der Waals surface area contributed by atoms with Crippen molar-refractivity contribution in [1.29, 1.82) is 0 Å². The SMILES string of the molecule is Cn1cc(NC(=O)c2cnn3ccc(N4CC5CCC4CN5)nc23)c(C(F)F)n1. The van der Waals surface area contributed by atoms with Crippen molar-refractivity contribution in [1.82, 2.24) is 29.7 Å². The van der Waals surface area contributed by atoms with Crippen molar-refractivity contribution in [2.45, 2.75) is 31.4 Å². The van der Waals surface area contributed by atoms with Crippen molar-refractivity contribution in [3.8, 4) is 0 Å². The van der Waals surface area contributed by atoms with Crippen molar-refractivity contribution in [2.24, 2.45) is 7.05 Å². The van der Waals surface area contributed by atoms with Crippen LogP contribution in [0.2, 0.25) is 0 Å². The van der Waals surface area contributed by atoms with Crippen molar-refractivity contribution < 1.29 is 13.6 Å². The number of hydrogen-bond donors (Lipinski definition) is 2. The summed E-state index contributed by atoms with van der Waals surface area (Å²) in [4.78, 5) is 19.7. The summed E-state index contributed by atoms with van der Waals surface area (Å²) in [7, 11) is 1.52. The van der Waals surface area contributed by atoms with Gasteiger partial charge in [0.2, 0.25) is 0 Å². The number of halogens is 2. The molecule has 3 saturated heterocycles. The molecule has 152 valence electrons. The Morgan fingerprint density at radius 3 is 2.93 bits per heavy atom. The van der Waals surface area contributed by atoms with Crippen LogP contribution in [-0.2, 0) is 7.05 Å². The monoisotopic (exact) mass is 402 g/mol. The summed E-state index contributed by atoms with van der Waals surface area (Å²) in [6.45, 7) is 1.79. The number of carbonyl (C=O) groups excluding carboxylic acids is 1. The van der Waals surface area contributed by atoms with Gasteiger partial charge in [-0.2, -0.15) is 10.2 Å². The Bertz CT molecular complexity index is 1070. The molecule has 11 heteroatoms. The predicted octanol–water partition coefficient (Wildman–Crippen LogP) is 1.59. The fourth-order valence-corrected chi connectivity index (χ4v) is 4.12. The summed E-state index contributed by atoms with van der Waals surface area (Å²) in [5.41, 5.74) is 0.110. The molecule has 3 aliphatic heterocycles. The van der Waals surface area contributed by atoms with E-state index in [-0.39, 0.29) is 11.3 Å². The van der Waals surface area contributed by atoms with Crippen LogP contribution in [0.15, 0.2) is 24.7 Å². The lowest BCUT2D eigenvalue weighted by molar-refractivity contribution is 0.102. The Morgan fingerprint density at radius 1 is 1.38 bits per heavy atom. The Morgan fingerprint density at radius 2 is 2.24 bits per heavy atom. The number of hydrogen-bond acceptors (Lipinski definition) is 6. The number of aryl methyl sites for hydroxylation is 1. The van der Waals surface area contributed by atoms with Crippen LogP contribution < -0.4 is 15.5 Å². The largest absolute Gasteiger partial charge is 0.351 e. The zero-order valence-corrected chi connectivity index (χ0v) is 15.7. The van der Waals surface area contributed by atoms with E-state index in [2.05, 4.69) is 30.7 Å². The van der Waals surface area contributed by atoms with E-state index < -0.39 is 18.0 Å². The normalized spacial score (nSPS) is 21.3. The van der Waals surface area contributed by atoms with E-state index in [1.807, 2.05) is 6.07 Å². The van der Waals surface area contributed by atoms with Gasteiger partial charge in [-0.15, -0.1) is 0 Å². The molecule has 3 aliphatic rings. The van der Waals surface area contributed by atoms with Gasteiger partial charge in [0.15, 0.2) is 11.3 Å². The maximum absolute atomic E-state index is 13.2. The first kappa shape index (κ1) is 18.0. The third-order valence-electron chi connectivity index (χ3n) is 5.55. The van der Waals surface area contributed by atoms with Crippen LogP contribution in [0.5, 0.6) is 0 Å². The number of amides is 1. The average molecular weight is 402 g/mol. The number of piperidine rings is 2. The van der Waals surface area contributed by atoms with E-state index in [9.17, 15) is 13.6 Å². The quantitative estimate of drug-likeness (QED) is 0.689. The van der Waals surface area contributed by atoms with E-state index in [0.717, 1.165) is 31.7 Å². The first-order valence-electron chi connectivity index (χ1n) is 9.47. The van der Waals surface area contributed by atoms with Crippen LogP contribution in [0.1, 0.15) is 35.3 Å². The Labute approximate surface area is 164 Å². The Balaban J connectivity index is 1.45. The molecule has 3 aromatic heterocycles. The summed E-state index contributed by atoms with van der Waals surface area (Å²) in [6.07, 6.45) is 3.98. The van der Waals surface area contributed by atoms with Gasteiger partial charge in [0.1, 0.15) is 11.4 Å². The number of rotatable bonds is 4. The maximum Gasteiger partial charge on any atom is 0.284 e. The molecule has 2 atom stereocenters. The molecule has 29 heavy (non-hydrogen) atoms. The van der Waals surface area contributed by atoms with Crippen LogP contribution in [0.3, 0.4) is 0 Å². The van der Waals surface area contributed by atoms with Gasteiger partial charge in [-0.1, -0.05) is 0 Å². The zero-order valence-electron chi connectivity index (χ0n) is 15.7. The molecule has 6 heterocycles. The second-order valence-electron chi connectivity index (χ2n) is 7.46. The number of aromatic nitrogens is 5. The number of nitrogens with zero attached hydrogens (tertiary/aromatic N) is 6. The van der Waals surface area contributed by atoms with Crippen molar-refractivity contribution in [3.05, 3.63) is 35.9 Å². The van der Waals surface area contributed by atoms with Crippen LogP contribution >= 0.6 is 0 Å². The third-order valence-corrected chi connectivity index (χ3v) is 5.55. The van der Waals surface area contributed by atoms with E-state index in [0.29, 0.717) is 17.7 Å². The summed E-state index contributed by atoms with van der Waals surface area (Å²) in [5, 5.41) is 13.9.